The zero-order valence-corrected chi connectivity index (χ0v) is 17.5. The standard InChI is InChI=1S/C7H10N2O6.C6H6.3C2H6/c1-8-3(10)7(5(12)13,6(14)15)4(11)9-2;1-2-4-6-5-3-1;3*1-2/h1-2H3,(H,8,10)(H,9,11)(H,12,13)(H,14,15);1-6H;3*1-2H3. The number of benzene rings is 1. The first kappa shape index (κ1) is 31.8. The fourth-order valence-electron chi connectivity index (χ4n) is 1.34. The fraction of sp³-hybridized carbons (Fsp3) is 0.474. The summed E-state index contributed by atoms with van der Waals surface area (Å²) in [7, 11) is 2.07. The number of carbonyl (C=O) groups is 4. The Morgan fingerprint density at radius 1 is 0.593 bits per heavy atom. The summed E-state index contributed by atoms with van der Waals surface area (Å²) in [6, 6.07) is 12.0. The number of carboxylic acids is 2. The van der Waals surface area contributed by atoms with Gasteiger partial charge in [-0.2, -0.15) is 0 Å². The lowest BCUT2D eigenvalue weighted by atomic mass is 9.86. The molecule has 156 valence electrons. The lowest BCUT2D eigenvalue weighted by Gasteiger charge is -2.20. The zero-order valence-electron chi connectivity index (χ0n) is 17.5. The van der Waals surface area contributed by atoms with E-state index in [0.29, 0.717) is 0 Å². The van der Waals surface area contributed by atoms with Crippen molar-refractivity contribution in [1.82, 2.24) is 10.6 Å². The van der Waals surface area contributed by atoms with Crippen LogP contribution in [0.3, 0.4) is 0 Å². The highest BCUT2D eigenvalue weighted by Gasteiger charge is 2.60. The van der Waals surface area contributed by atoms with E-state index in [1.807, 2.05) is 88.6 Å². The zero-order chi connectivity index (χ0) is 22.5. The van der Waals surface area contributed by atoms with E-state index in [2.05, 4.69) is 0 Å². The first-order valence-electron chi connectivity index (χ1n) is 8.76. The molecule has 8 heteroatoms. The molecule has 0 saturated heterocycles. The quantitative estimate of drug-likeness (QED) is 0.587. The van der Waals surface area contributed by atoms with E-state index in [-0.39, 0.29) is 0 Å². The van der Waals surface area contributed by atoms with Crippen LogP contribution in [0.1, 0.15) is 41.5 Å². The minimum Gasteiger partial charge on any atom is -0.480 e. The Bertz CT molecular complexity index is 459. The largest absolute Gasteiger partial charge is 0.480 e. The van der Waals surface area contributed by atoms with Gasteiger partial charge in [-0.25, -0.2) is 9.59 Å². The van der Waals surface area contributed by atoms with Crippen molar-refractivity contribution in [1.29, 1.82) is 0 Å². The Morgan fingerprint density at radius 2 is 0.778 bits per heavy atom. The fourth-order valence-corrected chi connectivity index (χ4v) is 1.34. The third-order valence-corrected chi connectivity index (χ3v) is 2.44. The van der Waals surface area contributed by atoms with Gasteiger partial charge in [0.15, 0.2) is 0 Å². The summed E-state index contributed by atoms with van der Waals surface area (Å²) in [4.78, 5) is 43.9. The molecular formula is C19H34N2O6. The molecule has 1 aromatic carbocycles. The number of hydrogen-bond acceptors (Lipinski definition) is 4. The second kappa shape index (κ2) is 21.1. The van der Waals surface area contributed by atoms with Crippen LogP contribution in [0.4, 0.5) is 0 Å². The predicted molar refractivity (Wildman–Crippen MR) is 106 cm³/mol. The lowest BCUT2D eigenvalue weighted by molar-refractivity contribution is -0.172. The van der Waals surface area contributed by atoms with E-state index in [1.54, 1.807) is 0 Å². The molecular weight excluding hydrogens is 352 g/mol. The summed E-state index contributed by atoms with van der Waals surface area (Å²) in [6.07, 6.45) is 0. The van der Waals surface area contributed by atoms with Gasteiger partial charge in [0.1, 0.15) is 0 Å². The molecule has 2 amide bonds. The normalized spacial score (nSPS) is 8.15. The maximum Gasteiger partial charge on any atom is 0.340 e. The van der Waals surface area contributed by atoms with Gasteiger partial charge < -0.3 is 20.8 Å². The molecule has 8 nitrogen and oxygen atoms in total. The average Bonchev–Trinajstić information content (AvgIpc) is 2.73. The van der Waals surface area contributed by atoms with Crippen LogP contribution in [0, 0.1) is 5.41 Å². The summed E-state index contributed by atoms with van der Waals surface area (Å²) < 4.78 is 0. The van der Waals surface area contributed by atoms with Crippen molar-refractivity contribution in [2.24, 2.45) is 5.41 Å². The number of hydrogen-bond donors (Lipinski definition) is 4. The van der Waals surface area contributed by atoms with E-state index < -0.39 is 29.2 Å². The van der Waals surface area contributed by atoms with Crippen LogP contribution in [-0.4, -0.2) is 48.1 Å². The van der Waals surface area contributed by atoms with Gasteiger partial charge in [-0.1, -0.05) is 77.9 Å². The molecule has 0 fully saturated rings. The van der Waals surface area contributed by atoms with Gasteiger partial charge in [0.05, 0.1) is 0 Å². The smallest absolute Gasteiger partial charge is 0.340 e. The minimum absolute atomic E-state index is 1.03. The molecule has 0 unspecified atom stereocenters. The van der Waals surface area contributed by atoms with Crippen LogP contribution < -0.4 is 10.6 Å². The SMILES string of the molecule is CC.CC.CC.CNC(=O)C(C(=O)O)(C(=O)O)C(=O)NC.c1ccccc1. The Hall–Kier alpha value is -2.90. The maximum atomic E-state index is 11.2. The monoisotopic (exact) mass is 386 g/mol. The van der Waals surface area contributed by atoms with Crippen molar-refractivity contribution < 1.29 is 29.4 Å². The minimum atomic E-state index is -3.15. The van der Waals surface area contributed by atoms with Crippen LogP contribution in [-0.2, 0) is 19.2 Å². The average molecular weight is 386 g/mol. The van der Waals surface area contributed by atoms with Gasteiger partial charge in [0.25, 0.3) is 11.8 Å². The molecule has 0 aliphatic rings. The number of amides is 2. The van der Waals surface area contributed by atoms with E-state index >= 15 is 0 Å². The molecule has 0 aliphatic carbocycles. The van der Waals surface area contributed by atoms with Gasteiger partial charge in [0, 0.05) is 14.1 Å². The maximum absolute atomic E-state index is 11.2. The third-order valence-electron chi connectivity index (χ3n) is 2.44. The molecule has 1 aromatic rings. The van der Waals surface area contributed by atoms with E-state index in [0.717, 1.165) is 14.1 Å². The molecule has 0 aliphatic heterocycles. The number of nitrogens with one attached hydrogen (secondary N) is 2. The van der Waals surface area contributed by atoms with Crippen LogP contribution in [0.25, 0.3) is 0 Å². The van der Waals surface area contributed by atoms with Crippen LogP contribution in [0.5, 0.6) is 0 Å². The Labute approximate surface area is 162 Å². The van der Waals surface area contributed by atoms with Crippen molar-refractivity contribution in [3.05, 3.63) is 36.4 Å². The van der Waals surface area contributed by atoms with E-state index in [9.17, 15) is 19.2 Å². The van der Waals surface area contributed by atoms with Crippen molar-refractivity contribution in [2.45, 2.75) is 41.5 Å². The van der Waals surface area contributed by atoms with Crippen molar-refractivity contribution in [3.8, 4) is 0 Å². The van der Waals surface area contributed by atoms with Gasteiger partial charge in [-0.3, -0.25) is 9.59 Å². The molecule has 1 rings (SSSR count). The van der Waals surface area contributed by atoms with Gasteiger partial charge in [0.2, 0.25) is 0 Å². The van der Waals surface area contributed by atoms with Crippen molar-refractivity contribution in [2.75, 3.05) is 14.1 Å². The highest BCUT2D eigenvalue weighted by molar-refractivity contribution is 6.34. The van der Waals surface area contributed by atoms with Crippen LogP contribution >= 0.6 is 0 Å². The summed E-state index contributed by atoms with van der Waals surface area (Å²) in [5.41, 5.74) is -3.15. The second-order valence-corrected chi connectivity index (χ2v) is 3.67. The topological polar surface area (TPSA) is 133 Å². The van der Waals surface area contributed by atoms with Gasteiger partial charge in [-0.15, -0.1) is 0 Å². The highest BCUT2D eigenvalue weighted by atomic mass is 16.4. The van der Waals surface area contributed by atoms with E-state index in [4.69, 9.17) is 10.2 Å². The van der Waals surface area contributed by atoms with Crippen LogP contribution in [0.15, 0.2) is 36.4 Å². The Balaban J connectivity index is -0.000000181. The summed E-state index contributed by atoms with van der Waals surface area (Å²) in [5, 5.41) is 21.0. The number of carbonyl (C=O) groups excluding carboxylic acids is 2. The van der Waals surface area contributed by atoms with Crippen molar-refractivity contribution in [3.63, 3.8) is 0 Å². The summed E-state index contributed by atoms with van der Waals surface area (Å²) in [5.74, 6) is -6.92. The molecule has 4 N–H and O–H groups in total. The Kier molecular flexibility index (Phi) is 24.9. The molecule has 0 heterocycles. The molecule has 0 spiro atoms. The molecule has 0 aromatic heterocycles. The molecule has 0 bridgehead atoms. The number of aliphatic carboxylic acids is 2. The predicted octanol–water partition coefficient (Wildman–Crippen LogP) is 2.40. The molecule has 0 radical (unpaired) electrons. The highest BCUT2D eigenvalue weighted by Crippen LogP contribution is 2.18. The summed E-state index contributed by atoms with van der Waals surface area (Å²) in [6.45, 7) is 12.0. The molecule has 27 heavy (non-hydrogen) atoms. The number of carboxylic acid groups (broad SMARTS) is 2. The molecule has 0 atom stereocenters. The van der Waals surface area contributed by atoms with Crippen molar-refractivity contribution >= 4 is 23.8 Å². The number of rotatable bonds is 4. The second-order valence-electron chi connectivity index (χ2n) is 3.67. The van der Waals surface area contributed by atoms with E-state index in [1.165, 1.54) is 0 Å². The van der Waals surface area contributed by atoms with Crippen LogP contribution in [0.2, 0.25) is 0 Å². The lowest BCUT2D eigenvalue weighted by Crippen LogP contribution is -2.59. The summed E-state index contributed by atoms with van der Waals surface area (Å²) >= 11 is 0. The molecule has 0 saturated carbocycles. The third kappa shape index (κ3) is 10.6. The van der Waals surface area contributed by atoms with Gasteiger partial charge >= 0.3 is 17.4 Å². The first-order chi connectivity index (χ1) is 12.8. The van der Waals surface area contributed by atoms with Gasteiger partial charge in [-0.05, 0) is 0 Å². The Morgan fingerprint density at radius 3 is 0.889 bits per heavy atom. The first-order valence-corrected chi connectivity index (χ1v) is 8.76.